The first-order valence-electron chi connectivity index (χ1n) is 8.12. The highest BCUT2D eigenvalue weighted by molar-refractivity contribution is 7.80. The molecular formula is C17H21F3N2S. The Morgan fingerprint density at radius 3 is 2.43 bits per heavy atom. The lowest BCUT2D eigenvalue weighted by Crippen LogP contribution is -2.44. The van der Waals surface area contributed by atoms with Crippen LogP contribution in [0.3, 0.4) is 0 Å². The summed E-state index contributed by atoms with van der Waals surface area (Å²) in [5, 5.41) is 7.22. The van der Waals surface area contributed by atoms with Gasteiger partial charge in [-0.15, -0.1) is 0 Å². The molecule has 2 aliphatic carbocycles. The predicted molar refractivity (Wildman–Crippen MR) is 88.1 cm³/mol. The van der Waals surface area contributed by atoms with Crippen molar-refractivity contribution in [1.29, 1.82) is 0 Å². The largest absolute Gasteiger partial charge is 0.416 e. The minimum Gasteiger partial charge on any atom is -0.362 e. The van der Waals surface area contributed by atoms with Crippen molar-refractivity contribution in [2.24, 2.45) is 11.8 Å². The molecule has 0 heterocycles. The molecule has 126 valence electrons. The number of alkyl halides is 3. The zero-order valence-corrected chi connectivity index (χ0v) is 13.6. The number of nitrogens with one attached hydrogen (secondary N) is 2. The van der Waals surface area contributed by atoms with E-state index in [0.29, 0.717) is 24.1 Å². The van der Waals surface area contributed by atoms with Crippen molar-refractivity contribution in [2.75, 3.05) is 6.54 Å². The van der Waals surface area contributed by atoms with Gasteiger partial charge in [0.2, 0.25) is 0 Å². The highest BCUT2D eigenvalue weighted by atomic mass is 32.1. The third-order valence-electron chi connectivity index (χ3n) is 5.04. The molecule has 0 aromatic heterocycles. The molecule has 2 saturated carbocycles. The lowest BCUT2D eigenvalue weighted by Gasteiger charge is -2.24. The summed E-state index contributed by atoms with van der Waals surface area (Å²) < 4.78 is 37.5. The van der Waals surface area contributed by atoms with Gasteiger partial charge < -0.3 is 10.6 Å². The highest BCUT2D eigenvalue weighted by Gasteiger charge is 2.39. The van der Waals surface area contributed by atoms with Crippen LogP contribution in [0, 0.1) is 11.8 Å². The van der Waals surface area contributed by atoms with E-state index in [9.17, 15) is 13.2 Å². The van der Waals surface area contributed by atoms with Gasteiger partial charge in [-0.3, -0.25) is 0 Å². The first-order valence-corrected chi connectivity index (χ1v) is 8.53. The van der Waals surface area contributed by atoms with Gasteiger partial charge in [0.05, 0.1) is 5.56 Å². The van der Waals surface area contributed by atoms with Gasteiger partial charge in [0.15, 0.2) is 5.11 Å². The van der Waals surface area contributed by atoms with E-state index in [1.807, 2.05) is 0 Å². The van der Waals surface area contributed by atoms with E-state index in [1.165, 1.54) is 37.8 Å². The fraction of sp³-hybridized carbons (Fsp3) is 0.588. The predicted octanol–water partition coefficient (Wildman–Crippen LogP) is 3.90. The smallest absolute Gasteiger partial charge is 0.362 e. The van der Waals surface area contributed by atoms with Crippen LogP contribution in [0.15, 0.2) is 24.3 Å². The van der Waals surface area contributed by atoms with Crippen LogP contribution in [0.25, 0.3) is 0 Å². The normalized spacial score (nSPS) is 26.3. The first-order chi connectivity index (χ1) is 10.9. The van der Waals surface area contributed by atoms with Crippen LogP contribution in [0.4, 0.5) is 13.2 Å². The molecule has 23 heavy (non-hydrogen) atoms. The minimum atomic E-state index is -4.27. The third kappa shape index (κ3) is 4.16. The molecule has 2 fully saturated rings. The molecule has 3 rings (SSSR count). The molecule has 0 saturated heterocycles. The maximum Gasteiger partial charge on any atom is 0.416 e. The number of halogens is 3. The molecule has 3 unspecified atom stereocenters. The van der Waals surface area contributed by atoms with Gasteiger partial charge in [-0.1, -0.05) is 18.6 Å². The number of rotatable bonds is 4. The second-order valence-electron chi connectivity index (χ2n) is 6.63. The van der Waals surface area contributed by atoms with E-state index in [0.717, 1.165) is 29.5 Å². The van der Waals surface area contributed by atoms with Crippen molar-refractivity contribution in [2.45, 2.75) is 44.3 Å². The number of benzene rings is 1. The molecule has 3 atom stereocenters. The second-order valence-corrected chi connectivity index (χ2v) is 7.03. The molecule has 1 aromatic carbocycles. The standard InChI is InChI=1S/C17H21F3N2S/c18-17(19,20)14-5-2-11(3-6-14)7-8-21-16(23)22-15-10-12-1-4-13(15)9-12/h2-3,5-6,12-13,15H,1,4,7-10H2,(H2,21,22,23). The summed E-state index contributed by atoms with van der Waals surface area (Å²) in [6, 6.07) is 5.80. The lowest BCUT2D eigenvalue weighted by atomic mass is 9.96. The van der Waals surface area contributed by atoms with Gasteiger partial charge in [0, 0.05) is 12.6 Å². The Labute approximate surface area is 139 Å². The molecule has 0 radical (unpaired) electrons. The van der Waals surface area contributed by atoms with E-state index in [1.54, 1.807) is 0 Å². The van der Waals surface area contributed by atoms with Gasteiger partial charge in [0.25, 0.3) is 0 Å². The summed E-state index contributed by atoms with van der Waals surface area (Å²) >= 11 is 5.32. The average molecular weight is 342 g/mol. The van der Waals surface area contributed by atoms with Crippen LogP contribution in [-0.4, -0.2) is 17.7 Å². The summed E-state index contributed by atoms with van der Waals surface area (Å²) in [7, 11) is 0. The van der Waals surface area contributed by atoms with Crippen molar-refractivity contribution in [3.63, 3.8) is 0 Å². The van der Waals surface area contributed by atoms with Gasteiger partial charge in [-0.25, -0.2) is 0 Å². The van der Waals surface area contributed by atoms with Crippen LogP contribution in [0.5, 0.6) is 0 Å². The van der Waals surface area contributed by atoms with Gasteiger partial charge in [-0.2, -0.15) is 13.2 Å². The summed E-state index contributed by atoms with van der Waals surface area (Å²) in [4.78, 5) is 0. The van der Waals surface area contributed by atoms with Crippen molar-refractivity contribution in [1.82, 2.24) is 10.6 Å². The average Bonchev–Trinajstić information content (AvgIpc) is 3.09. The van der Waals surface area contributed by atoms with E-state index in [4.69, 9.17) is 12.2 Å². The van der Waals surface area contributed by atoms with Gasteiger partial charge in [0.1, 0.15) is 0 Å². The fourth-order valence-electron chi connectivity index (χ4n) is 3.82. The first kappa shape index (κ1) is 16.6. The molecule has 2 aliphatic rings. The fourth-order valence-corrected chi connectivity index (χ4v) is 4.08. The maximum atomic E-state index is 12.5. The summed E-state index contributed by atoms with van der Waals surface area (Å²) in [6.07, 6.45) is 1.57. The zero-order chi connectivity index (χ0) is 16.4. The SMILES string of the molecule is FC(F)(F)c1ccc(CCNC(=S)NC2CC3CCC2C3)cc1. The van der Waals surface area contributed by atoms with E-state index < -0.39 is 11.7 Å². The Kier molecular flexibility index (Phi) is 4.80. The summed E-state index contributed by atoms with van der Waals surface area (Å²) in [5.41, 5.74) is 0.260. The third-order valence-corrected chi connectivity index (χ3v) is 5.30. The molecule has 0 amide bonds. The summed E-state index contributed by atoms with van der Waals surface area (Å²) in [6.45, 7) is 0.623. The maximum absolute atomic E-state index is 12.5. The van der Waals surface area contributed by atoms with Crippen molar-refractivity contribution in [3.8, 4) is 0 Å². The van der Waals surface area contributed by atoms with Crippen LogP contribution in [-0.2, 0) is 12.6 Å². The van der Waals surface area contributed by atoms with E-state index >= 15 is 0 Å². The lowest BCUT2D eigenvalue weighted by molar-refractivity contribution is -0.137. The molecule has 2 nitrogen and oxygen atoms in total. The van der Waals surface area contributed by atoms with Gasteiger partial charge >= 0.3 is 6.18 Å². The van der Waals surface area contributed by atoms with E-state index in [-0.39, 0.29) is 0 Å². The molecular weight excluding hydrogens is 321 g/mol. The highest BCUT2D eigenvalue weighted by Crippen LogP contribution is 2.44. The Bertz CT molecular complexity index is 556. The number of fused-ring (bicyclic) bond motifs is 2. The van der Waals surface area contributed by atoms with Crippen molar-refractivity contribution >= 4 is 17.3 Å². The number of thiocarbonyl (C=S) groups is 1. The minimum absolute atomic E-state index is 0.500. The molecule has 2 bridgehead atoms. The number of hydrogen-bond donors (Lipinski definition) is 2. The van der Waals surface area contributed by atoms with Crippen LogP contribution >= 0.6 is 12.2 Å². The molecule has 0 spiro atoms. The molecule has 0 aliphatic heterocycles. The molecule has 2 N–H and O–H groups in total. The monoisotopic (exact) mass is 342 g/mol. The van der Waals surface area contributed by atoms with Crippen LogP contribution in [0.2, 0.25) is 0 Å². The Morgan fingerprint density at radius 1 is 1.13 bits per heavy atom. The van der Waals surface area contributed by atoms with E-state index in [2.05, 4.69) is 10.6 Å². The molecule has 6 heteroatoms. The van der Waals surface area contributed by atoms with Crippen molar-refractivity contribution in [3.05, 3.63) is 35.4 Å². The summed E-state index contributed by atoms with van der Waals surface area (Å²) in [5.74, 6) is 1.63. The Hall–Kier alpha value is -1.30. The second kappa shape index (κ2) is 6.67. The Morgan fingerprint density at radius 2 is 1.87 bits per heavy atom. The van der Waals surface area contributed by atoms with Crippen LogP contribution < -0.4 is 10.6 Å². The zero-order valence-electron chi connectivity index (χ0n) is 12.8. The molecule has 1 aromatic rings. The van der Waals surface area contributed by atoms with Gasteiger partial charge in [-0.05, 0) is 67.4 Å². The topological polar surface area (TPSA) is 24.1 Å². The Balaban J connectivity index is 1.40. The van der Waals surface area contributed by atoms with Crippen LogP contribution in [0.1, 0.15) is 36.8 Å². The quantitative estimate of drug-likeness (QED) is 0.812. The number of hydrogen-bond acceptors (Lipinski definition) is 1. The van der Waals surface area contributed by atoms with Crippen molar-refractivity contribution < 1.29 is 13.2 Å².